The lowest BCUT2D eigenvalue weighted by molar-refractivity contribution is 0.275. The summed E-state index contributed by atoms with van der Waals surface area (Å²) in [6, 6.07) is 2.58. The summed E-state index contributed by atoms with van der Waals surface area (Å²) in [5.41, 5.74) is 5.91. The zero-order valence-electron chi connectivity index (χ0n) is 10.8. The molecule has 0 amide bonds. The number of rotatable bonds is 8. The Morgan fingerprint density at radius 2 is 1.78 bits per heavy atom. The van der Waals surface area contributed by atoms with E-state index in [0.29, 0.717) is 25.1 Å². The van der Waals surface area contributed by atoms with Crippen molar-refractivity contribution in [3.05, 3.63) is 29.3 Å². The molecule has 1 aromatic carbocycles. The summed E-state index contributed by atoms with van der Waals surface area (Å²) in [6.07, 6.45) is 4.53. The smallest absolute Gasteiger partial charge is 0.190 e. The minimum Gasteiger partial charge on any atom is -0.488 e. The van der Waals surface area contributed by atoms with E-state index in [2.05, 4.69) is 6.92 Å². The SMILES string of the molecule is CCCCCCOc1c(F)cc(CCN)cc1F. The summed E-state index contributed by atoms with van der Waals surface area (Å²) < 4.78 is 32.4. The Morgan fingerprint density at radius 1 is 1.11 bits per heavy atom. The van der Waals surface area contributed by atoms with E-state index in [-0.39, 0.29) is 5.75 Å². The highest BCUT2D eigenvalue weighted by Gasteiger charge is 2.12. The van der Waals surface area contributed by atoms with Crippen LogP contribution in [0, 0.1) is 11.6 Å². The van der Waals surface area contributed by atoms with Gasteiger partial charge in [0.05, 0.1) is 6.61 Å². The molecule has 0 heterocycles. The van der Waals surface area contributed by atoms with E-state index < -0.39 is 11.6 Å². The summed E-state index contributed by atoms with van der Waals surface area (Å²) in [6.45, 7) is 2.83. The van der Waals surface area contributed by atoms with Crippen LogP contribution in [0.15, 0.2) is 12.1 Å². The van der Waals surface area contributed by atoms with Crippen molar-refractivity contribution in [1.29, 1.82) is 0 Å². The van der Waals surface area contributed by atoms with Crippen LogP contribution >= 0.6 is 0 Å². The van der Waals surface area contributed by atoms with Crippen LogP contribution in [0.1, 0.15) is 38.2 Å². The largest absolute Gasteiger partial charge is 0.488 e. The molecule has 0 saturated heterocycles. The second kappa shape index (κ2) is 8.03. The van der Waals surface area contributed by atoms with E-state index >= 15 is 0 Å². The molecule has 0 radical (unpaired) electrons. The molecule has 0 bridgehead atoms. The van der Waals surface area contributed by atoms with Crippen LogP contribution < -0.4 is 10.5 Å². The van der Waals surface area contributed by atoms with Gasteiger partial charge in [-0.2, -0.15) is 0 Å². The Hall–Kier alpha value is -1.16. The number of halogens is 2. The molecule has 1 rings (SSSR count). The fourth-order valence-electron chi connectivity index (χ4n) is 1.76. The quantitative estimate of drug-likeness (QED) is 0.724. The molecule has 0 aliphatic heterocycles. The summed E-state index contributed by atoms with van der Waals surface area (Å²) in [7, 11) is 0. The number of benzene rings is 1. The molecule has 0 aliphatic rings. The van der Waals surface area contributed by atoms with E-state index in [1.54, 1.807) is 0 Å². The molecule has 4 heteroatoms. The number of nitrogens with two attached hydrogens (primary N) is 1. The maximum absolute atomic E-state index is 13.6. The van der Waals surface area contributed by atoms with Crippen molar-refractivity contribution < 1.29 is 13.5 Å². The predicted molar refractivity (Wildman–Crippen MR) is 68.8 cm³/mol. The highest BCUT2D eigenvalue weighted by Crippen LogP contribution is 2.23. The molecule has 0 atom stereocenters. The first-order chi connectivity index (χ1) is 8.69. The molecule has 0 unspecified atom stereocenters. The standard InChI is InChI=1S/C14H21F2NO/c1-2-3-4-5-8-18-14-12(15)9-11(6-7-17)10-13(14)16/h9-10H,2-8,17H2,1H3. The van der Waals surface area contributed by atoms with Gasteiger partial charge in [-0.05, 0) is 37.1 Å². The Kier molecular flexibility index (Phi) is 6.65. The Balaban J connectivity index is 2.54. The van der Waals surface area contributed by atoms with Crippen LogP contribution in [0.25, 0.3) is 0 Å². The van der Waals surface area contributed by atoms with Crippen LogP contribution in [-0.2, 0) is 6.42 Å². The first kappa shape index (κ1) is 14.9. The highest BCUT2D eigenvalue weighted by molar-refractivity contribution is 5.31. The third-order valence-corrected chi connectivity index (χ3v) is 2.74. The van der Waals surface area contributed by atoms with Crippen molar-refractivity contribution in [2.45, 2.75) is 39.0 Å². The van der Waals surface area contributed by atoms with E-state index in [1.807, 2.05) is 0 Å². The molecule has 0 aromatic heterocycles. The van der Waals surface area contributed by atoms with Gasteiger partial charge in [0.2, 0.25) is 0 Å². The van der Waals surface area contributed by atoms with E-state index in [0.717, 1.165) is 25.7 Å². The second-order valence-electron chi connectivity index (χ2n) is 4.34. The van der Waals surface area contributed by atoms with Gasteiger partial charge >= 0.3 is 0 Å². The maximum atomic E-state index is 13.6. The van der Waals surface area contributed by atoms with Crippen molar-refractivity contribution in [2.75, 3.05) is 13.2 Å². The van der Waals surface area contributed by atoms with Crippen molar-refractivity contribution in [3.8, 4) is 5.75 Å². The first-order valence-electron chi connectivity index (χ1n) is 6.49. The normalized spacial score (nSPS) is 10.7. The van der Waals surface area contributed by atoms with Crippen LogP contribution in [0.3, 0.4) is 0 Å². The van der Waals surface area contributed by atoms with Crippen LogP contribution in [0.2, 0.25) is 0 Å². The van der Waals surface area contributed by atoms with Crippen molar-refractivity contribution in [1.82, 2.24) is 0 Å². The fraction of sp³-hybridized carbons (Fsp3) is 0.571. The predicted octanol–water partition coefficient (Wildman–Crippen LogP) is 3.43. The van der Waals surface area contributed by atoms with Gasteiger partial charge in [-0.25, -0.2) is 8.78 Å². The highest BCUT2D eigenvalue weighted by atomic mass is 19.1. The fourth-order valence-corrected chi connectivity index (χ4v) is 1.76. The lowest BCUT2D eigenvalue weighted by Gasteiger charge is -2.09. The summed E-state index contributed by atoms with van der Waals surface area (Å²) in [4.78, 5) is 0. The van der Waals surface area contributed by atoms with Crippen molar-refractivity contribution in [3.63, 3.8) is 0 Å². The van der Waals surface area contributed by atoms with Crippen LogP contribution in [0.4, 0.5) is 8.78 Å². The lowest BCUT2D eigenvalue weighted by Crippen LogP contribution is -2.06. The zero-order chi connectivity index (χ0) is 13.4. The number of unbranched alkanes of at least 4 members (excludes halogenated alkanes) is 3. The van der Waals surface area contributed by atoms with Crippen molar-refractivity contribution >= 4 is 0 Å². The monoisotopic (exact) mass is 257 g/mol. The first-order valence-corrected chi connectivity index (χ1v) is 6.49. The second-order valence-corrected chi connectivity index (χ2v) is 4.34. The van der Waals surface area contributed by atoms with Crippen LogP contribution in [-0.4, -0.2) is 13.2 Å². The average Bonchev–Trinajstić information content (AvgIpc) is 2.32. The Labute approximate surface area is 107 Å². The molecule has 0 aliphatic carbocycles. The molecule has 102 valence electrons. The summed E-state index contributed by atoms with van der Waals surface area (Å²) >= 11 is 0. The lowest BCUT2D eigenvalue weighted by atomic mass is 10.1. The maximum Gasteiger partial charge on any atom is 0.190 e. The molecular formula is C14H21F2NO. The number of hydrogen-bond donors (Lipinski definition) is 1. The molecule has 18 heavy (non-hydrogen) atoms. The Morgan fingerprint density at radius 3 is 2.33 bits per heavy atom. The molecule has 2 nitrogen and oxygen atoms in total. The van der Waals surface area contributed by atoms with Gasteiger partial charge in [0, 0.05) is 0 Å². The molecular weight excluding hydrogens is 236 g/mol. The minimum atomic E-state index is -0.644. The average molecular weight is 257 g/mol. The van der Waals surface area contributed by atoms with Crippen molar-refractivity contribution in [2.24, 2.45) is 5.73 Å². The third-order valence-electron chi connectivity index (χ3n) is 2.74. The molecule has 2 N–H and O–H groups in total. The van der Waals surface area contributed by atoms with Gasteiger partial charge in [0.15, 0.2) is 17.4 Å². The zero-order valence-corrected chi connectivity index (χ0v) is 10.8. The topological polar surface area (TPSA) is 35.2 Å². The van der Waals surface area contributed by atoms with Gasteiger partial charge in [-0.3, -0.25) is 0 Å². The molecule has 1 aromatic rings. The Bertz CT molecular complexity index is 346. The van der Waals surface area contributed by atoms with E-state index in [9.17, 15) is 8.78 Å². The molecule has 0 spiro atoms. The minimum absolute atomic E-state index is 0.271. The van der Waals surface area contributed by atoms with Gasteiger partial charge in [0.25, 0.3) is 0 Å². The summed E-state index contributed by atoms with van der Waals surface area (Å²) in [5.74, 6) is -1.56. The van der Waals surface area contributed by atoms with Gasteiger partial charge < -0.3 is 10.5 Å². The summed E-state index contributed by atoms with van der Waals surface area (Å²) in [5, 5.41) is 0. The van der Waals surface area contributed by atoms with Gasteiger partial charge in [0.1, 0.15) is 0 Å². The third kappa shape index (κ3) is 4.61. The van der Waals surface area contributed by atoms with Gasteiger partial charge in [-0.15, -0.1) is 0 Å². The van der Waals surface area contributed by atoms with E-state index in [4.69, 9.17) is 10.5 Å². The van der Waals surface area contributed by atoms with E-state index in [1.165, 1.54) is 12.1 Å². The number of ether oxygens (including phenoxy) is 1. The molecule has 0 saturated carbocycles. The van der Waals surface area contributed by atoms with Gasteiger partial charge in [-0.1, -0.05) is 26.2 Å². The number of hydrogen-bond acceptors (Lipinski definition) is 2. The molecule has 0 fully saturated rings. The van der Waals surface area contributed by atoms with Crippen LogP contribution in [0.5, 0.6) is 5.75 Å².